The number of hydrogen-bond donors (Lipinski definition) is 0. The van der Waals surface area contributed by atoms with Crippen LogP contribution in [-0.2, 0) is 0 Å². The lowest BCUT2D eigenvalue weighted by Gasteiger charge is -2.00. The Morgan fingerprint density at radius 2 is 1.83 bits per heavy atom. The minimum absolute atomic E-state index is 0.0122. The van der Waals surface area contributed by atoms with Crippen LogP contribution in [0.25, 0.3) is 0 Å². The molecule has 12 heavy (non-hydrogen) atoms. The van der Waals surface area contributed by atoms with E-state index in [1.54, 1.807) is 0 Å². The number of aromatic nitrogens is 2. The molecule has 0 saturated heterocycles. The summed E-state index contributed by atoms with van der Waals surface area (Å²) in [5.74, 6) is 0. The number of aldehydes is 1. The van der Waals surface area contributed by atoms with E-state index < -0.39 is 0 Å². The predicted octanol–water partition coefficient (Wildman–Crippen LogP) is 1.60. The summed E-state index contributed by atoms with van der Waals surface area (Å²) in [6.07, 6.45) is 0.490. The lowest BCUT2D eigenvalue weighted by Crippen LogP contribution is -1.97. The van der Waals surface area contributed by atoms with Crippen molar-refractivity contribution in [3.8, 4) is 6.01 Å². The highest BCUT2D eigenvalue weighted by Gasteiger charge is 2.10. The maximum Gasteiger partial charge on any atom is 0.319 e. The Morgan fingerprint density at radius 3 is 2.17 bits per heavy atom. The largest absolute Gasteiger partial charge is 0.467 e. The van der Waals surface area contributed by atoms with Gasteiger partial charge in [0.15, 0.2) is 6.29 Å². The Hall–Kier alpha value is -0.870. The normalized spacial score (nSPS) is 9.58. The van der Waals surface area contributed by atoms with Gasteiger partial charge in [0.25, 0.3) is 0 Å². The van der Waals surface area contributed by atoms with E-state index in [0.29, 0.717) is 6.29 Å². The Bertz CT molecular complexity index is 293. The molecule has 64 valence electrons. The summed E-state index contributed by atoms with van der Waals surface area (Å²) in [4.78, 5) is 17.6. The molecule has 0 unspecified atom stereocenters. The lowest BCUT2D eigenvalue weighted by molar-refractivity contribution is 0.112. The fraction of sp³-hybridized carbons (Fsp3) is 0.167. The van der Waals surface area contributed by atoms with Gasteiger partial charge >= 0.3 is 6.01 Å². The van der Waals surface area contributed by atoms with Gasteiger partial charge in [-0.2, -0.15) is 9.97 Å². The zero-order valence-corrected chi connectivity index (χ0v) is 7.56. The quantitative estimate of drug-likeness (QED) is 0.545. The highest BCUT2D eigenvalue weighted by Crippen LogP contribution is 2.21. The first kappa shape index (κ1) is 9.22. The van der Waals surface area contributed by atoms with E-state index in [-0.39, 0.29) is 21.9 Å². The van der Waals surface area contributed by atoms with Gasteiger partial charge in [0.1, 0.15) is 10.3 Å². The van der Waals surface area contributed by atoms with E-state index in [1.165, 1.54) is 7.11 Å². The van der Waals surface area contributed by atoms with Crippen molar-refractivity contribution in [1.82, 2.24) is 9.97 Å². The summed E-state index contributed by atoms with van der Waals surface area (Å²) < 4.78 is 4.67. The number of carbonyl (C=O) groups is 1. The van der Waals surface area contributed by atoms with Crippen molar-refractivity contribution in [2.45, 2.75) is 0 Å². The maximum atomic E-state index is 10.4. The van der Waals surface area contributed by atoms with Crippen molar-refractivity contribution in [3.05, 3.63) is 15.9 Å². The smallest absolute Gasteiger partial charge is 0.319 e. The molecule has 1 aromatic rings. The molecule has 0 atom stereocenters. The molecule has 0 aliphatic rings. The number of nitrogens with zero attached hydrogens (tertiary/aromatic N) is 2. The Labute approximate surface area is 78.5 Å². The lowest BCUT2D eigenvalue weighted by atomic mass is 10.4. The topological polar surface area (TPSA) is 52.1 Å². The highest BCUT2D eigenvalue weighted by atomic mass is 35.5. The summed E-state index contributed by atoms with van der Waals surface area (Å²) in [6.45, 7) is 0. The minimum Gasteiger partial charge on any atom is -0.467 e. The van der Waals surface area contributed by atoms with Gasteiger partial charge in [-0.15, -0.1) is 0 Å². The zero-order valence-electron chi connectivity index (χ0n) is 6.04. The molecule has 0 aliphatic heterocycles. The maximum absolute atomic E-state index is 10.4. The van der Waals surface area contributed by atoms with Crippen molar-refractivity contribution in [2.75, 3.05) is 7.11 Å². The number of halogens is 2. The van der Waals surface area contributed by atoms with Crippen LogP contribution in [0.5, 0.6) is 6.01 Å². The molecule has 1 rings (SSSR count). The van der Waals surface area contributed by atoms with Crippen LogP contribution in [0.15, 0.2) is 0 Å². The predicted molar refractivity (Wildman–Crippen MR) is 44.0 cm³/mol. The van der Waals surface area contributed by atoms with Crippen LogP contribution in [0.3, 0.4) is 0 Å². The fourth-order valence-electron chi connectivity index (χ4n) is 0.587. The molecule has 1 heterocycles. The Balaban J connectivity index is 3.27. The first-order valence-electron chi connectivity index (χ1n) is 2.91. The van der Waals surface area contributed by atoms with Crippen molar-refractivity contribution in [3.63, 3.8) is 0 Å². The molecule has 0 fully saturated rings. The van der Waals surface area contributed by atoms with Gasteiger partial charge in [-0.25, -0.2) is 0 Å². The number of hydrogen-bond acceptors (Lipinski definition) is 4. The molecule has 4 nitrogen and oxygen atoms in total. The number of rotatable bonds is 2. The third-order valence-corrected chi connectivity index (χ3v) is 1.71. The molecular formula is C6H4Cl2N2O2. The van der Waals surface area contributed by atoms with Crippen LogP contribution in [0.4, 0.5) is 0 Å². The van der Waals surface area contributed by atoms with Gasteiger partial charge in [-0.05, 0) is 0 Å². The number of methoxy groups -OCH3 is 1. The summed E-state index contributed by atoms with van der Waals surface area (Å²) >= 11 is 11.1. The molecule has 6 heteroatoms. The third-order valence-electron chi connectivity index (χ3n) is 1.13. The second-order valence-electron chi connectivity index (χ2n) is 1.82. The molecule has 1 aromatic heterocycles. The molecule has 0 saturated carbocycles. The Kier molecular flexibility index (Phi) is 2.83. The number of ether oxygens (including phenoxy) is 1. The van der Waals surface area contributed by atoms with E-state index in [2.05, 4.69) is 14.7 Å². The summed E-state index contributed by atoms with van der Waals surface area (Å²) in [5.41, 5.74) is 0.0686. The molecule has 0 spiro atoms. The van der Waals surface area contributed by atoms with Gasteiger partial charge in [-0.3, -0.25) is 4.79 Å². The standard InChI is InChI=1S/C6H4Cl2N2O2/c1-12-6-9-4(7)3(2-11)5(8)10-6/h2H,1H3. The second-order valence-corrected chi connectivity index (χ2v) is 2.54. The van der Waals surface area contributed by atoms with E-state index >= 15 is 0 Å². The highest BCUT2D eigenvalue weighted by molar-refractivity contribution is 6.37. The van der Waals surface area contributed by atoms with Crippen molar-refractivity contribution in [2.24, 2.45) is 0 Å². The molecule has 0 aromatic carbocycles. The molecule has 0 aliphatic carbocycles. The van der Waals surface area contributed by atoms with E-state index in [9.17, 15) is 4.79 Å². The molecule has 0 radical (unpaired) electrons. The van der Waals surface area contributed by atoms with Gasteiger partial charge in [0.2, 0.25) is 0 Å². The van der Waals surface area contributed by atoms with Crippen LogP contribution < -0.4 is 4.74 Å². The second kappa shape index (κ2) is 3.69. The van der Waals surface area contributed by atoms with Crippen molar-refractivity contribution in [1.29, 1.82) is 0 Å². The van der Waals surface area contributed by atoms with E-state index in [0.717, 1.165) is 0 Å². The SMILES string of the molecule is COc1nc(Cl)c(C=O)c(Cl)n1. The zero-order chi connectivity index (χ0) is 9.14. The Morgan fingerprint density at radius 1 is 1.33 bits per heavy atom. The van der Waals surface area contributed by atoms with Gasteiger partial charge in [0.05, 0.1) is 12.7 Å². The molecule has 0 N–H and O–H groups in total. The first-order valence-corrected chi connectivity index (χ1v) is 3.67. The number of carbonyl (C=O) groups excluding carboxylic acids is 1. The third kappa shape index (κ3) is 1.65. The van der Waals surface area contributed by atoms with Crippen LogP contribution >= 0.6 is 23.2 Å². The molecule has 0 amide bonds. The molecular weight excluding hydrogens is 203 g/mol. The fourth-order valence-corrected chi connectivity index (χ4v) is 1.05. The minimum atomic E-state index is -0.0122. The molecule has 0 bridgehead atoms. The average Bonchev–Trinajstić information content (AvgIpc) is 2.03. The summed E-state index contributed by atoms with van der Waals surface area (Å²) in [5, 5.41) is -0.0244. The summed E-state index contributed by atoms with van der Waals surface area (Å²) in [6, 6.07) is 0.0376. The van der Waals surface area contributed by atoms with Crippen LogP contribution in [-0.4, -0.2) is 23.4 Å². The van der Waals surface area contributed by atoms with Crippen LogP contribution in [0.1, 0.15) is 10.4 Å². The summed E-state index contributed by atoms with van der Waals surface area (Å²) in [7, 11) is 1.38. The first-order chi connectivity index (χ1) is 5.69. The van der Waals surface area contributed by atoms with Crippen LogP contribution in [0, 0.1) is 0 Å². The van der Waals surface area contributed by atoms with Gasteiger partial charge in [0, 0.05) is 0 Å². The monoisotopic (exact) mass is 206 g/mol. The van der Waals surface area contributed by atoms with E-state index in [1.807, 2.05) is 0 Å². The van der Waals surface area contributed by atoms with Crippen molar-refractivity contribution < 1.29 is 9.53 Å². The van der Waals surface area contributed by atoms with Gasteiger partial charge < -0.3 is 4.74 Å². The van der Waals surface area contributed by atoms with E-state index in [4.69, 9.17) is 23.2 Å². The van der Waals surface area contributed by atoms with Crippen molar-refractivity contribution >= 4 is 29.5 Å². The van der Waals surface area contributed by atoms with Gasteiger partial charge in [-0.1, -0.05) is 23.2 Å². The van der Waals surface area contributed by atoms with Crippen LogP contribution in [0.2, 0.25) is 10.3 Å². The average molecular weight is 207 g/mol.